The van der Waals surface area contributed by atoms with Gasteiger partial charge in [-0.05, 0) is 24.7 Å². The van der Waals surface area contributed by atoms with E-state index in [1.54, 1.807) is 0 Å². The highest BCUT2D eigenvalue weighted by Crippen LogP contribution is 2.14. The van der Waals surface area contributed by atoms with Crippen molar-refractivity contribution in [3.05, 3.63) is 0 Å². The van der Waals surface area contributed by atoms with Gasteiger partial charge in [0.1, 0.15) is 0 Å². The van der Waals surface area contributed by atoms with Gasteiger partial charge in [-0.3, -0.25) is 0 Å². The number of ether oxygens (including phenoxy) is 4. The number of hydrogen-bond acceptors (Lipinski definition) is 6. The first-order valence-electron chi connectivity index (χ1n) is 12.0. The van der Waals surface area contributed by atoms with Crippen LogP contribution in [0.1, 0.15) is 85.5 Å². The number of aliphatic hydroxyl groups excluding tert-OH is 1. The number of unbranched alkanes of at least 4 members (excludes halogenated alkanes) is 4. The van der Waals surface area contributed by atoms with Gasteiger partial charge in [-0.2, -0.15) is 0 Å². The van der Waals surface area contributed by atoms with Crippen molar-refractivity contribution in [1.29, 1.82) is 0 Å². The molecule has 0 aliphatic rings. The standard InChI is InChI=1S/C24H48O6/c1-21(2)11-7-5-9-13-23(29-20-19-28-18-17-27-16-14-25)24(26)30-15-10-6-8-12-22(3)4/h21-23,25H,5-20H2,1-4H3. The van der Waals surface area contributed by atoms with Crippen LogP contribution in [0.4, 0.5) is 0 Å². The molecule has 0 bridgehead atoms. The van der Waals surface area contributed by atoms with Crippen LogP contribution in [-0.2, 0) is 23.7 Å². The second-order valence-corrected chi connectivity index (χ2v) is 8.75. The highest BCUT2D eigenvalue weighted by Gasteiger charge is 2.20. The summed E-state index contributed by atoms with van der Waals surface area (Å²) in [5.74, 6) is 1.20. The molecule has 0 spiro atoms. The van der Waals surface area contributed by atoms with Gasteiger partial charge in [-0.1, -0.05) is 72.6 Å². The fourth-order valence-electron chi connectivity index (χ4n) is 3.06. The van der Waals surface area contributed by atoms with Crippen molar-refractivity contribution in [3.8, 4) is 0 Å². The lowest BCUT2D eigenvalue weighted by atomic mass is 10.0. The summed E-state index contributed by atoms with van der Waals surface area (Å²) in [6.07, 6.45) is 9.10. The van der Waals surface area contributed by atoms with Crippen molar-refractivity contribution in [2.75, 3.05) is 46.2 Å². The Morgan fingerprint density at radius 2 is 1.20 bits per heavy atom. The van der Waals surface area contributed by atoms with E-state index in [0.717, 1.165) is 37.5 Å². The van der Waals surface area contributed by atoms with Gasteiger partial charge in [0.25, 0.3) is 0 Å². The van der Waals surface area contributed by atoms with Gasteiger partial charge in [0.15, 0.2) is 6.10 Å². The fraction of sp³-hybridized carbons (Fsp3) is 0.958. The average Bonchev–Trinajstić information content (AvgIpc) is 2.70. The number of carbonyl (C=O) groups excluding carboxylic acids is 1. The minimum Gasteiger partial charge on any atom is -0.464 e. The maximum Gasteiger partial charge on any atom is 0.335 e. The van der Waals surface area contributed by atoms with E-state index >= 15 is 0 Å². The molecule has 0 amide bonds. The molecule has 0 aromatic rings. The van der Waals surface area contributed by atoms with Crippen molar-refractivity contribution in [2.24, 2.45) is 11.8 Å². The van der Waals surface area contributed by atoms with Crippen LogP contribution >= 0.6 is 0 Å². The van der Waals surface area contributed by atoms with Gasteiger partial charge in [-0.25, -0.2) is 4.79 Å². The first-order valence-corrected chi connectivity index (χ1v) is 12.0. The Labute approximate surface area is 185 Å². The van der Waals surface area contributed by atoms with Gasteiger partial charge >= 0.3 is 5.97 Å². The minimum atomic E-state index is -0.506. The molecule has 0 aromatic carbocycles. The lowest BCUT2D eigenvalue weighted by Gasteiger charge is -2.17. The molecule has 0 saturated heterocycles. The Morgan fingerprint density at radius 3 is 1.80 bits per heavy atom. The topological polar surface area (TPSA) is 74.2 Å². The van der Waals surface area contributed by atoms with E-state index in [4.69, 9.17) is 24.1 Å². The highest BCUT2D eigenvalue weighted by atomic mass is 16.6. The summed E-state index contributed by atoms with van der Waals surface area (Å²) in [6.45, 7) is 11.4. The zero-order valence-corrected chi connectivity index (χ0v) is 20.0. The maximum atomic E-state index is 12.5. The van der Waals surface area contributed by atoms with Crippen LogP contribution in [0, 0.1) is 11.8 Å². The average molecular weight is 433 g/mol. The van der Waals surface area contributed by atoms with Crippen LogP contribution in [0.2, 0.25) is 0 Å². The third-order valence-corrected chi connectivity index (χ3v) is 4.84. The van der Waals surface area contributed by atoms with Gasteiger partial charge in [-0.15, -0.1) is 0 Å². The van der Waals surface area contributed by atoms with Gasteiger partial charge in [0.2, 0.25) is 0 Å². The molecule has 0 heterocycles. The smallest absolute Gasteiger partial charge is 0.335 e. The summed E-state index contributed by atoms with van der Waals surface area (Å²) >= 11 is 0. The third-order valence-electron chi connectivity index (χ3n) is 4.84. The number of aliphatic hydroxyl groups is 1. The van der Waals surface area contributed by atoms with Gasteiger partial charge in [0.05, 0.1) is 46.2 Å². The second kappa shape index (κ2) is 21.5. The van der Waals surface area contributed by atoms with Crippen LogP contribution in [0.25, 0.3) is 0 Å². The number of esters is 1. The first kappa shape index (κ1) is 29.3. The molecule has 0 radical (unpaired) electrons. The van der Waals surface area contributed by atoms with Crippen LogP contribution in [0.15, 0.2) is 0 Å². The summed E-state index contributed by atoms with van der Waals surface area (Å²) in [4.78, 5) is 12.5. The number of carbonyl (C=O) groups is 1. The zero-order valence-electron chi connectivity index (χ0n) is 20.0. The Balaban J connectivity index is 4.08. The lowest BCUT2D eigenvalue weighted by molar-refractivity contribution is -0.159. The third kappa shape index (κ3) is 20.6. The van der Waals surface area contributed by atoms with E-state index in [0.29, 0.717) is 46.1 Å². The minimum absolute atomic E-state index is 0.0157. The molecule has 1 unspecified atom stereocenters. The van der Waals surface area contributed by atoms with Crippen molar-refractivity contribution in [2.45, 2.75) is 91.6 Å². The van der Waals surface area contributed by atoms with Crippen LogP contribution in [-0.4, -0.2) is 63.4 Å². The van der Waals surface area contributed by atoms with E-state index in [2.05, 4.69) is 27.7 Å². The SMILES string of the molecule is CC(C)CCCCCOC(=O)C(CCCCCC(C)C)OCCOCCOCCO. The van der Waals surface area contributed by atoms with Crippen molar-refractivity contribution in [1.82, 2.24) is 0 Å². The van der Waals surface area contributed by atoms with E-state index in [1.165, 1.54) is 25.7 Å². The van der Waals surface area contributed by atoms with Crippen molar-refractivity contribution in [3.63, 3.8) is 0 Å². The van der Waals surface area contributed by atoms with Crippen LogP contribution in [0.5, 0.6) is 0 Å². The summed E-state index contributed by atoms with van der Waals surface area (Å²) < 4.78 is 21.8. The maximum absolute atomic E-state index is 12.5. The Bertz CT molecular complexity index is 373. The largest absolute Gasteiger partial charge is 0.464 e. The Hall–Kier alpha value is -0.690. The molecule has 0 aliphatic heterocycles. The highest BCUT2D eigenvalue weighted by molar-refractivity contribution is 5.74. The molecule has 0 aliphatic carbocycles. The Kier molecular flexibility index (Phi) is 21.0. The lowest BCUT2D eigenvalue weighted by Crippen LogP contribution is -2.28. The number of rotatable bonds is 22. The van der Waals surface area contributed by atoms with E-state index < -0.39 is 6.10 Å². The molecule has 0 rings (SSSR count). The Morgan fingerprint density at radius 1 is 0.667 bits per heavy atom. The quantitative estimate of drug-likeness (QED) is 0.196. The number of hydrogen-bond donors (Lipinski definition) is 1. The molecule has 180 valence electrons. The van der Waals surface area contributed by atoms with E-state index in [9.17, 15) is 4.79 Å². The molecule has 0 aromatic heterocycles. The predicted molar refractivity (Wildman–Crippen MR) is 121 cm³/mol. The molecular formula is C24H48O6. The summed E-state index contributed by atoms with van der Waals surface area (Å²) in [5.41, 5.74) is 0. The first-order chi connectivity index (χ1) is 14.5. The summed E-state index contributed by atoms with van der Waals surface area (Å²) in [7, 11) is 0. The van der Waals surface area contributed by atoms with Gasteiger partial charge < -0.3 is 24.1 Å². The molecule has 30 heavy (non-hydrogen) atoms. The molecule has 1 atom stereocenters. The summed E-state index contributed by atoms with van der Waals surface area (Å²) in [6, 6.07) is 0. The fourth-order valence-corrected chi connectivity index (χ4v) is 3.06. The predicted octanol–water partition coefficient (Wildman–Crippen LogP) is 4.76. The van der Waals surface area contributed by atoms with Crippen LogP contribution < -0.4 is 0 Å². The molecular weight excluding hydrogens is 384 g/mol. The second-order valence-electron chi connectivity index (χ2n) is 8.75. The van der Waals surface area contributed by atoms with Crippen LogP contribution in [0.3, 0.4) is 0 Å². The molecule has 0 fully saturated rings. The van der Waals surface area contributed by atoms with Crippen molar-refractivity contribution < 1.29 is 28.8 Å². The molecule has 6 nitrogen and oxygen atoms in total. The molecule has 6 heteroatoms. The van der Waals surface area contributed by atoms with E-state index in [1.807, 2.05) is 0 Å². The summed E-state index contributed by atoms with van der Waals surface area (Å²) in [5, 5.41) is 8.65. The molecule has 0 saturated carbocycles. The van der Waals surface area contributed by atoms with E-state index in [-0.39, 0.29) is 12.6 Å². The monoisotopic (exact) mass is 432 g/mol. The van der Waals surface area contributed by atoms with Crippen molar-refractivity contribution >= 4 is 5.97 Å². The zero-order chi connectivity index (χ0) is 22.5. The normalized spacial score (nSPS) is 12.6. The molecule has 1 N–H and O–H groups in total. The van der Waals surface area contributed by atoms with Gasteiger partial charge in [0, 0.05) is 0 Å².